The molecular formula is C15H19FN2O2S. The van der Waals surface area contributed by atoms with Gasteiger partial charge in [-0.3, -0.25) is 9.59 Å². The van der Waals surface area contributed by atoms with Crippen molar-refractivity contribution in [2.45, 2.75) is 18.6 Å². The Morgan fingerprint density at radius 3 is 2.67 bits per heavy atom. The van der Waals surface area contributed by atoms with Gasteiger partial charge in [0, 0.05) is 24.8 Å². The predicted molar refractivity (Wildman–Crippen MR) is 81.1 cm³/mol. The molecule has 0 unspecified atom stereocenters. The number of nitrogens with two attached hydrogens (primary N) is 1. The van der Waals surface area contributed by atoms with Crippen molar-refractivity contribution >= 4 is 23.6 Å². The molecule has 0 radical (unpaired) electrons. The Morgan fingerprint density at radius 1 is 1.33 bits per heavy atom. The second kappa shape index (κ2) is 7.45. The Labute approximate surface area is 127 Å². The minimum Gasteiger partial charge on any atom is -0.369 e. The molecule has 1 aliphatic rings. The van der Waals surface area contributed by atoms with E-state index in [0.29, 0.717) is 37.4 Å². The van der Waals surface area contributed by atoms with Gasteiger partial charge < -0.3 is 10.6 Å². The number of primary amides is 1. The maximum absolute atomic E-state index is 13.0. The fourth-order valence-corrected chi connectivity index (χ4v) is 3.26. The third kappa shape index (κ3) is 4.74. The lowest BCUT2D eigenvalue weighted by molar-refractivity contribution is -0.132. The summed E-state index contributed by atoms with van der Waals surface area (Å²) < 4.78 is 13.0. The monoisotopic (exact) mass is 310 g/mol. The van der Waals surface area contributed by atoms with Gasteiger partial charge in [0.2, 0.25) is 11.8 Å². The molecule has 1 saturated heterocycles. The first-order valence-corrected chi connectivity index (χ1v) is 8.11. The zero-order valence-electron chi connectivity index (χ0n) is 11.8. The number of carbonyl (C=O) groups excluding carboxylic acids is 2. The first-order chi connectivity index (χ1) is 10.1. The van der Waals surface area contributed by atoms with Crippen molar-refractivity contribution in [1.82, 2.24) is 4.90 Å². The molecule has 0 spiro atoms. The average Bonchev–Trinajstić information content (AvgIpc) is 2.47. The number of nitrogens with zero attached hydrogens (tertiary/aromatic N) is 1. The zero-order valence-corrected chi connectivity index (χ0v) is 12.6. The highest BCUT2D eigenvalue weighted by Gasteiger charge is 2.25. The molecule has 0 saturated carbocycles. The van der Waals surface area contributed by atoms with E-state index in [4.69, 9.17) is 5.73 Å². The van der Waals surface area contributed by atoms with Crippen LogP contribution in [0.1, 0.15) is 18.4 Å². The second-order valence-electron chi connectivity index (χ2n) is 5.18. The molecule has 114 valence electrons. The van der Waals surface area contributed by atoms with Crippen molar-refractivity contribution < 1.29 is 14.0 Å². The van der Waals surface area contributed by atoms with E-state index < -0.39 is 0 Å². The van der Waals surface area contributed by atoms with Gasteiger partial charge in [-0.15, -0.1) is 11.8 Å². The number of carbonyl (C=O) groups is 2. The highest BCUT2D eigenvalue weighted by atomic mass is 32.2. The summed E-state index contributed by atoms with van der Waals surface area (Å²) in [5.41, 5.74) is 6.14. The van der Waals surface area contributed by atoms with E-state index in [1.165, 1.54) is 23.9 Å². The summed E-state index contributed by atoms with van der Waals surface area (Å²) in [6.07, 6.45) is 1.30. The number of hydrogen-bond donors (Lipinski definition) is 1. The van der Waals surface area contributed by atoms with Gasteiger partial charge in [0.05, 0.1) is 5.75 Å². The lowest BCUT2D eigenvalue weighted by atomic mass is 9.96. The van der Waals surface area contributed by atoms with Crippen LogP contribution in [-0.4, -0.2) is 35.6 Å². The predicted octanol–water partition coefficient (Wildman–Crippen LogP) is 1.78. The summed E-state index contributed by atoms with van der Waals surface area (Å²) in [5, 5.41) is 0. The third-order valence-electron chi connectivity index (χ3n) is 3.63. The molecule has 0 atom stereocenters. The summed E-state index contributed by atoms with van der Waals surface area (Å²) in [7, 11) is 0. The van der Waals surface area contributed by atoms with Gasteiger partial charge in [-0.1, -0.05) is 12.1 Å². The lowest BCUT2D eigenvalue weighted by Crippen LogP contribution is -2.42. The molecule has 1 aliphatic heterocycles. The van der Waals surface area contributed by atoms with E-state index in [1.54, 1.807) is 11.0 Å². The molecule has 1 heterocycles. The Bertz CT molecular complexity index is 516. The van der Waals surface area contributed by atoms with Crippen molar-refractivity contribution in [2.24, 2.45) is 11.7 Å². The van der Waals surface area contributed by atoms with Crippen molar-refractivity contribution in [1.29, 1.82) is 0 Å². The molecule has 1 fully saturated rings. The Kier molecular flexibility index (Phi) is 5.61. The number of halogens is 1. The molecule has 4 nitrogen and oxygen atoms in total. The lowest BCUT2D eigenvalue weighted by Gasteiger charge is -2.30. The third-order valence-corrected chi connectivity index (χ3v) is 4.62. The number of benzene rings is 1. The summed E-state index contributed by atoms with van der Waals surface area (Å²) in [6.45, 7) is 1.18. The van der Waals surface area contributed by atoms with Gasteiger partial charge >= 0.3 is 0 Å². The molecule has 2 rings (SSSR count). The zero-order chi connectivity index (χ0) is 15.2. The largest absolute Gasteiger partial charge is 0.369 e. The number of likely N-dealkylation sites (tertiary alicyclic amines) is 1. The number of amides is 2. The van der Waals surface area contributed by atoms with Crippen molar-refractivity contribution in [3.05, 3.63) is 35.6 Å². The Hall–Kier alpha value is -1.56. The first kappa shape index (κ1) is 15.8. The van der Waals surface area contributed by atoms with E-state index in [9.17, 15) is 14.0 Å². The molecule has 0 aromatic heterocycles. The number of hydrogen-bond acceptors (Lipinski definition) is 3. The minimum absolute atomic E-state index is 0.0688. The van der Waals surface area contributed by atoms with Gasteiger partial charge in [-0.2, -0.15) is 0 Å². The van der Waals surface area contributed by atoms with Crippen molar-refractivity contribution in [3.8, 4) is 0 Å². The van der Waals surface area contributed by atoms with Gasteiger partial charge in [0.1, 0.15) is 5.82 Å². The van der Waals surface area contributed by atoms with Crippen LogP contribution in [0.3, 0.4) is 0 Å². The minimum atomic E-state index is -0.275. The SMILES string of the molecule is NC(=O)C1CCN(C(=O)CSCc2cccc(F)c2)CC1. The fourth-order valence-electron chi connectivity index (χ4n) is 2.39. The standard InChI is InChI=1S/C15H19FN2O2S/c16-13-3-1-2-11(8-13)9-21-10-14(19)18-6-4-12(5-7-18)15(17)20/h1-3,8,12H,4-7,9-10H2,(H2,17,20). The quantitative estimate of drug-likeness (QED) is 0.902. The van der Waals surface area contributed by atoms with Crippen molar-refractivity contribution in [2.75, 3.05) is 18.8 Å². The summed E-state index contributed by atoms with van der Waals surface area (Å²) in [4.78, 5) is 24.9. The highest BCUT2D eigenvalue weighted by molar-refractivity contribution is 7.99. The van der Waals surface area contributed by atoms with E-state index >= 15 is 0 Å². The van der Waals surface area contributed by atoms with E-state index in [0.717, 1.165) is 5.56 Å². The van der Waals surface area contributed by atoms with Crippen LogP contribution in [0.2, 0.25) is 0 Å². The molecule has 2 N–H and O–H groups in total. The van der Waals surface area contributed by atoms with Gasteiger partial charge in [-0.05, 0) is 30.5 Å². The highest BCUT2D eigenvalue weighted by Crippen LogP contribution is 2.19. The fraction of sp³-hybridized carbons (Fsp3) is 0.467. The molecule has 1 aromatic rings. The average molecular weight is 310 g/mol. The van der Waals surface area contributed by atoms with Crippen molar-refractivity contribution in [3.63, 3.8) is 0 Å². The van der Waals surface area contributed by atoms with Crippen LogP contribution < -0.4 is 5.73 Å². The van der Waals surface area contributed by atoms with Crippen LogP contribution in [0.15, 0.2) is 24.3 Å². The Morgan fingerprint density at radius 2 is 2.05 bits per heavy atom. The molecule has 0 aliphatic carbocycles. The van der Waals surface area contributed by atoms with E-state index in [1.807, 2.05) is 6.07 Å². The molecule has 2 amide bonds. The molecule has 21 heavy (non-hydrogen) atoms. The van der Waals surface area contributed by atoms with Crippen LogP contribution in [-0.2, 0) is 15.3 Å². The number of thioether (sulfide) groups is 1. The smallest absolute Gasteiger partial charge is 0.232 e. The van der Waals surface area contributed by atoms with E-state index in [2.05, 4.69) is 0 Å². The molecule has 0 bridgehead atoms. The topological polar surface area (TPSA) is 63.4 Å². The number of rotatable bonds is 5. The van der Waals surface area contributed by atoms with E-state index in [-0.39, 0.29) is 23.5 Å². The Balaban J connectivity index is 1.72. The van der Waals surface area contributed by atoms with Crippen LogP contribution in [0.25, 0.3) is 0 Å². The number of piperidine rings is 1. The van der Waals surface area contributed by atoms with Crippen LogP contribution in [0, 0.1) is 11.7 Å². The van der Waals surface area contributed by atoms with Gasteiger partial charge in [0.25, 0.3) is 0 Å². The maximum Gasteiger partial charge on any atom is 0.232 e. The summed E-state index contributed by atoms with van der Waals surface area (Å²) in [5.74, 6) is 0.419. The van der Waals surface area contributed by atoms with Crippen LogP contribution in [0.4, 0.5) is 4.39 Å². The first-order valence-electron chi connectivity index (χ1n) is 6.95. The normalized spacial score (nSPS) is 16.0. The summed E-state index contributed by atoms with van der Waals surface area (Å²) >= 11 is 1.47. The van der Waals surface area contributed by atoms with Crippen LogP contribution in [0.5, 0.6) is 0 Å². The molecular weight excluding hydrogens is 291 g/mol. The van der Waals surface area contributed by atoms with Gasteiger partial charge in [0.15, 0.2) is 0 Å². The molecule has 1 aromatic carbocycles. The van der Waals surface area contributed by atoms with Crippen LogP contribution >= 0.6 is 11.8 Å². The second-order valence-corrected chi connectivity index (χ2v) is 6.17. The maximum atomic E-state index is 13.0. The van der Waals surface area contributed by atoms with Gasteiger partial charge in [-0.25, -0.2) is 4.39 Å². The summed E-state index contributed by atoms with van der Waals surface area (Å²) in [6, 6.07) is 6.40. The molecule has 6 heteroatoms.